The number of methoxy groups -OCH3 is 1. The minimum Gasteiger partial charge on any atom is -0.497 e. The molecule has 6 nitrogen and oxygen atoms in total. The number of fused-ring (bicyclic) bond motifs is 1. The predicted octanol–water partition coefficient (Wildman–Crippen LogP) is 3.91. The lowest BCUT2D eigenvalue weighted by atomic mass is 10.2. The van der Waals surface area contributed by atoms with Crippen molar-refractivity contribution in [3.63, 3.8) is 0 Å². The Kier molecular flexibility index (Phi) is 5.22. The van der Waals surface area contributed by atoms with Crippen molar-refractivity contribution in [2.24, 2.45) is 4.40 Å². The van der Waals surface area contributed by atoms with Crippen molar-refractivity contribution in [3.05, 3.63) is 84.4 Å². The third-order valence-corrected chi connectivity index (χ3v) is 6.04. The lowest BCUT2D eigenvalue weighted by Gasteiger charge is -2.28. The number of ether oxygens (including phenoxy) is 1. The van der Waals surface area contributed by atoms with Gasteiger partial charge in [0.1, 0.15) is 16.5 Å². The number of nitrogens with one attached hydrogen (secondary N) is 1. The van der Waals surface area contributed by atoms with Crippen LogP contribution in [0.5, 0.6) is 5.75 Å². The molecule has 3 aromatic carbocycles. The van der Waals surface area contributed by atoms with E-state index >= 15 is 0 Å². The summed E-state index contributed by atoms with van der Waals surface area (Å²) in [6.07, 6.45) is 0. The molecule has 1 heterocycles. The van der Waals surface area contributed by atoms with Gasteiger partial charge >= 0.3 is 0 Å². The van der Waals surface area contributed by atoms with Gasteiger partial charge in [-0.1, -0.05) is 42.5 Å². The Morgan fingerprint density at radius 2 is 1.59 bits per heavy atom. The zero-order chi connectivity index (χ0) is 20.3. The van der Waals surface area contributed by atoms with Gasteiger partial charge in [-0.2, -0.15) is 8.42 Å². The zero-order valence-corrected chi connectivity index (χ0v) is 16.8. The molecule has 0 spiro atoms. The van der Waals surface area contributed by atoms with Crippen LogP contribution in [-0.2, 0) is 16.6 Å². The molecular formula is C22H21N3O3S. The molecule has 4 rings (SSSR count). The van der Waals surface area contributed by atoms with Crippen LogP contribution in [0.4, 0.5) is 11.4 Å². The first-order chi connectivity index (χ1) is 14.0. The van der Waals surface area contributed by atoms with Crippen LogP contribution >= 0.6 is 0 Å². The average Bonchev–Trinajstić information content (AvgIpc) is 2.74. The summed E-state index contributed by atoms with van der Waals surface area (Å²) in [5.41, 5.74) is 2.60. The highest BCUT2D eigenvalue weighted by atomic mass is 32.2. The molecule has 1 aliphatic heterocycles. The van der Waals surface area contributed by atoms with Gasteiger partial charge in [-0.3, -0.25) is 0 Å². The van der Waals surface area contributed by atoms with Crippen molar-refractivity contribution in [1.82, 2.24) is 0 Å². The van der Waals surface area contributed by atoms with Gasteiger partial charge in [0, 0.05) is 12.2 Å². The number of amidine groups is 1. The fourth-order valence-electron chi connectivity index (χ4n) is 3.25. The Morgan fingerprint density at radius 3 is 2.31 bits per heavy atom. The average molecular weight is 407 g/mol. The summed E-state index contributed by atoms with van der Waals surface area (Å²) in [6, 6.07) is 24.5. The van der Waals surface area contributed by atoms with Crippen LogP contribution < -0.4 is 15.0 Å². The molecule has 7 heteroatoms. The maximum absolute atomic E-state index is 12.6. The zero-order valence-electron chi connectivity index (χ0n) is 15.9. The van der Waals surface area contributed by atoms with Gasteiger partial charge < -0.3 is 15.0 Å². The largest absolute Gasteiger partial charge is 0.497 e. The van der Waals surface area contributed by atoms with Crippen molar-refractivity contribution < 1.29 is 13.2 Å². The first-order valence-electron chi connectivity index (χ1n) is 9.18. The van der Waals surface area contributed by atoms with Crippen LogP contribution in [0.3, 0.4) is 0 Å². The second-order valence-electron chi connectivity index (χ2n) is 6.67. The Labute approximate surface area is 170 Å². The van der Waals surface area contributed by atoms with Gasteiger partial charge in [0.15, 0.2) is 0 Å². The molecule has 0 radical (unpaired) electrons. The predicted molar refractivity (Wildman–Crippen MR) is 115 cm³/mol. The van der Waals surface area contributed by atoms with E-state index in [9.17, 15) is 8.42 Å². The normalized spacial score (nSPS) is 14.3. The Hall–Kier alpha value is -3.32. The summed E-state index contributed by atoms with van der Waals surface area (Å²) in [5.74, 6) is 1.15. The van der Waals surface area contributed by atoms with Crippen LogP contribution in [0, 0.1) is 0 Å². The smallest absolute Gasteiger partial charge is 0.286 e. The SMILES string of the molecule is COc1ccc(N(CC2=NS(=O)(=O)c3ccccc3N2)Cc2ccccc2)cc1. The topological polar surface area (TPSA) is 71.0 Å². The molecule has 148 valence electrons. The summed E-state index contributed by atoms with van der Waals surface area (Å²) in [6.45, 7) is 0.921. The van der Waals surface area contributed by atoms with Gasteiger partial charge in [0.25, 0.3) is 10.0 Å². The fraction of sp³-hybridized carbons (Fsp3) is 0.136. The molecule has 0 saturated carbocycles. The number of para-hydroxylation sites is 1. The first-order valence-corrected chi connectivity index (χ1v) is 10.6. The Morgan fingerprint density at radius 1 is 0.897 bits per heavy atom. The lowest BCUT2D eigenvalue weighted by molar-refractivity contribution is 0.415. The van der Waals surface area contributed by atoms with E-state index < -0.39 is 10.0 Å². The molecular weight excluding hydrogens is 386 g/mol. The molecule has 0 aliphatic carbocycles. The number of anilines is 2. The van der Waals surface area contributed by atoms with E-state index in [-0.39, 0.29) is 4.90 Å². The Bertz CT molecular complexity index is 1130. The summed E-state index contributed by atoms with van der Waals surface area (Å²) in [7, 11) is -2.10. The maximum Gasteiger partial charge on any atom is 0.286 e. The molecule has 29 heavy (non-hydrogen) atoms. The molecule has 0 fully saturated rings. The fourth-order valence-corrected chi connectivity index (χ4v) is 4.39. The van der Waals surface area contributed by atoms with Gasteiger partial charge in [-0.15, -0.1) is 4.40 Å². The van der Waals surface area contributed by atoms with Gasteiger partial charge in [0.2, 0.25) is 0 Å². The second-order valence-corrected chi connectivity index (χ2v) is 8.25. The lowest BCUT2D eigenvalue weighted by Crippen LogP contribution is -2.35. The highest BCUT2D eigenvalue weighted by Crippen LogP contribution is 2.28. The van der Waals surface area contributed by atoms with Crippen LogP contribution in [0.15, 0.2) is 88.2 Å². The molecule has 0 atom stereocenters. The maximum atomic E-state index is 12.6. The van der Waals surface area contributed by atoms with Gasteiger partial charge in [0.05, 0.1) is 19.3 Å². The summed E-state index contributed by atoms with van der Waals surface area (Å²) in [4.78, 5) is 2.27. The van der Waals surface area contributed by atoms with Crippen molar-refractivity contribution in [3.8, 4) is 5.75 Å². The Balaban J connectivity index is 1.65. The first kappa shape index (κ1) is 19.0. The highest BCUT2D eigenvalue weighted by molar-refractivity contribution is 7.90. The van der Waals surface area contributed by atoms with Crippen molar-refractivity contribution in [2.75, 3.05) is 23.9 Å². The number of nitrogens with zero attached hydrogens (tertiary/aromatic N) is 2. The van der Waals surface area contributed by atoms with Gasteiger partial charge in [-0.25, -0.2) is 0 Å². The third-order valence-electron chi connectivity index (χ3n) is 4.67. The van der Waals surface area contributed by atoms with E-state index in [1.165, 1.54) is 0 Å². The van der Waals surface area contributed by atoms with E-state index in [0.29, 0.717) is 24.6 Å². The van der Waals surface area contributed by atoms with E-state index in [1.54, 1.807) is 31.4 Å². The van der Waals surface area contributed by atoms with Crippen molar-refractivity contribution >= 4 is 27.2 Å². The van der Waals surface area contributed by atoms with E-state index in [2.05, 4.69) is 14.6 Å². The third kappa shape index (κ3) is 4.25. The number of hydrogen-bond acceptors (Lipinski definition) is 5. The second kappa shape index (κ2) is 7.97. The molecule has 0 amide bonds. The van der Waals surface area contributed by atoms with Crippen LogP contribution in [-0.4, -0.2) is 27.9 Å². The molecule has 0 aromatic heterocycles. The van der Waals surface area contributed by atoms with Crippen molar-refractivity contribution in [2.45, 2.75) is 11.4 Å². The number of sulfonamides is 1. The molecule has 1 N–H and O–H groups in total. The summed E-state index contributed by atoms with van der Waals surface area (Å²) < 4.78 is 34.4. The van der Waals surface area contributed by atoms with E-state index in [4.69, 9.17) is 4.74 Å². The minimum atomic E-state index is -3.72. The number of rotatable bonds is 6. The van der Waals surface area contributed by atoms with Crippen molar-refractivity contribution in [1.29, 1.82) is 0 Å². The standard InChI is InChI=1S/C22H21N3O3S/c1-28-19-13-11-18(12-14-19)25(15-17-7-3-2-4-8-17)16-22-23-20-9-5-6-10-21(20)29(26,27)24-22/h2-14H,15-16H2,1H3,(H,23,24). The number of hydrogen-bond donors (Lipinski definition) is 1. The summed E-state index contributed by atoms with van der Waals surface area (Å²) in [5, 5.41) is 3.17. The van der Waals surface area contributed by atoms with E-state index in [1.807, 2.05) is 54.6 Å². The summed E-state index contributed by atoms with van der Waals surface area (Å²) >= 11 is 0. The molecule has 0 saturated heterocycles. The number of benzene rings is 3. The van der Waals surface area contributed by atoms with Crippen LogP contribution in [0.1, 0.15) is 5.56 Å². The van der Waals surface area contributed by atoms with Gasteiger partial charge in [-0.05, 0) is 42.0 Å². The highest BCUT2D eigenvalue weighted by Gasteiger charge is 2.25. The quantitative estimate of drug-likeness (QED) is 0.671. The molecule has 3 aromatic rings. The monoisotopic (exact) mass is 407 g/mol. The van der Waals surface area contributed by atoms with E-state index in [0.717, 1.165) is 17.0 Å². The minimum absolute atomic E-state index is 0.197. The molecule has 0 bridgehead atoms. The molecule has 1 aliphatic rings. The van der Waals surface area contributed by atoms with Crippen LogP contribution in [0.2, 0.25) is 0 Å². The molecule has 0 unspecified atom stereocenters. The van der Waals surface area contributed by atoms with Crippen LogP contribution in [0.25, 0.3) is 0 Å².